The summed E-state index contributed by atoms with van der Waals surface area (Å²) < 4.78 is 1.21. The van der Waals surface area contributed by atoms with Crippen LogP contribution >= 0.6 is 15.9 Å². The Morgan fingerprint density at radius 2 is 1.62 bits per heavy atom. The first-order valence-corrected chi connectivity index (χ1v) is 6.13. The van der Waals surface area contributed by atoms with Crippen LogP contribution in [0.3, 0.4) is 0 Å². The van der Waals surface area contributed by atoms with E-state index in [9.17, 15) is 0 Å². The highest BCUT2D eigenvalue weighted by Gasteiger charge is 2.06. The van der Waals surface area contributed by atoms with Gasteiger partial charge in [-0.25, -0.2) is 0 Å². The van der Waals surface area contributed by atoms with Gasteiger partial charge in [0.1, 0.15) is 0 Å². The first-order chi connectivity index (χ1) is 7.77. The van der Waals surface area contributed by atoms with Crippen LogP contribution in [-0.2, 0) is 0 Å². The lowest BCUT2D eigenvalue weighted by molar-refractivity contribution is 1.53. The summed E-state index contributed by atoms with van der Waals surface area (Å²) in [5, 5.41) is 5.18. The molecule has 0 aliphatic rings. The van der Waals surface area contributed by atoms with E-state index in [1.54, 1.807) is 0 Å². The summed E-state index contributed by atoms with van der Waals surface area (Å²) in [7, 11) is 0. The van der Waals surface area contributed by atoms with E-state index in [0.717, 1.165) is 0 Å². The third kappa shape index (κ3) is 1.35. The highest BCUT2D eigenvalue weighted by Crippen LogP contribution is 2.34. The van der Waals surface area contributed by atoms with Gasteiger partial charge < -0.3 is 0 Å². The Labute approximate surface area is 103 Å². The molecular formula is C15H11Br. The van der Waals surface area contributed by atoms with Gasteiger partial charge in [0.15, 0.2) is 0 Å². The third-order valence-electron chi connectivity index (χ3n) is 3.03. The van der Waals surface area contributed by atoms with Crippen molar-refractivity contribution in [2.75, 3.05) is 0 Å². The third-order valence-corrected chi connectivity index (χ3v) is 3.86. The number of benzene rings is 3. The van der Waals surface area contributed by atoms with E-state index in [4.69, 9.17) is 0 Å². The van der Waals surface area contributed by atoms with E-state index in [2.05, 4.69) is 71.4 Å². The summed E-state index contributed by atoms with van der Waals surface area (Å²) in [6.07, 6.45) is 0. The molecule has 0 N–H and O–H groups in total. The smallest absolute Gasteiger partial charge is 0.0334 e. The van der Waals surface area contributed by atoms with Crippen LogP contribution in [-0.4, -0.2) is 0 Å². The van der Waals surface area contributed by atoms with Gasteiger partial charge in [-0.1, -0.05) is 42.5 Å². The summed E-state index contributed by atoms with van der Waals surface area (Å²) >= 11 is 3.73. The lowest BCUT2D eigenvalue weighted by atomic mass is 10.0. The van der Waals surface area contributed by atoms with Crippen molar-refractivity contribution < 1.29 is 0 Å². The summed E-state index contributed by atoms with van der Waals surface area (Å²) in [5.41, 5.74) is 1.31. The summed E-state index contributed by atoms with van der Waals surface area (Å²) in [6.45, 7) is 2.15. The average Bonchev–Trinajstić information content (AvgIpc) is 2.29. The van der Waals surface area contributed by atoms with Gasteiger partial charge in [0.25, 0.3) is 0 Å². The Bertz CT molecular complexity index is 683. The van der Waals surface area contributed by atoms with Gasteiger partial charge >= 0.3 is 0 Å². The van der Waals surface area contributed by atoms with Crippen molar-refractivity contribution in [3.63, 3.8) is 0 Å². The SMILES string of the molecule is Cc1cccc2cc3ccccc3c(Br)c12. The zero-order chi connectivity index (χ0) is 11.1. The highest BCUT2D eigenvalue weighted by molar-refractivity contribution is 9.10. The second-order valence-corrected chi connectivity index (χ2v) is 4.88. The Morgan fingerprint density at radius 1 is 0.875 bits per heavy atom. The monoisotopic (exact) mass is 270 g/mol. The molecule has 1 heteroatoms. The van der Waals surface area contributed by atoms with E-state index < -0.39 is 0 Å². The molecule has 0 atom stereocenters. The Morgan fingerprint density at radius 3 is 2.50 bits per heavy atom. The quantitative estimate of drug-likeness (QED) is 0.501. The Kier molecular flexibility index (Phi) is 2.22. The zero-order valence-corrected chi connectivity index (χ0v) is 10.6. The number of fused-ring (bicyclic) bond motifs is 2. The van der Waals surface area contributed by atoms with Crippen molar-refractivity contribution in [1.82, 2.24) is 0 Å². The van der Waals surface area contributed by atoms with Crippen molar-refractivity contribution >= 4 is 37.5 Å². The second-order valence-electron chi connectivity index (χ2n) is 4.08. The minimum atomic E-state index is 1.21. The molecule has 78 valence electrons. The van der Waals surface area contributed by atoms with E-state index >= 15 is 0 Å². The van der Waals surface area contributed by atoms with Gasteiger partial charge in [0, 0.05) is 4.47 Å². The van der Waals surface area contributed by atoms with Crippen LogP contribution < -0.4 is 0 Å². The average molecular weight is 271 g/mol. The van der Waals surface area contributed by atoms with Crippen molar-refractivity contribution in [2.24, 2.45) is 0 Å². The van der Waals surface area contributed by atoms with E-state index in [1.807, 2.05) is 0 Å². The number of aryl methyl sites for hydroxylation is 1. The lowest BCUT2D eigenvalue weighted by Gasteiger charge is -2.08. The molecule has 0 radical (unpaired) electrons. The van der Waals surface area contributed by atoms with Crippen molar-refractivity contribution in [3.05, 3.63) is 58.6 Å². The van der Waals surface area contributed by atoms with Crippen LogP contribution in [0.5, 0.6) is 0 Å². The van der Waals surface area contributed by atoms with Crippen molar-refractivity contribution in [1.29, 1.82) is 0 Å². The summed E-state index contributed by atoms with van der Waals surface area (Å²) in [5.74, 6) is 0. The molecule has 0 saturated carbocycles. The molecule has 3 aromatic carbocycles. The fourth-order valence-corrected chi connectivity index (χ4v) is 3.14. The molecule has 0 saturated heterocycles. The topological polar surface area (TPSA) is 0 Å². The normalized spacial score (nSPS) is 11.1. The first kappa shape index (κ1) is 9.86. The molecule has 0 aliphatic heterocycles. The molecule has 0 bridgehead atoms. The molecule has 0 amide bonds. The van der Waals surface area contributed by atoms with Gasteiger partial charge in [-0.05, 0) is 56.0 Å². The summed E-state index contributed by atoms with van der Waals surface area (Å²) in [6, 6.07) is 17.2. The fourth-order valence-electron chi connectivity index (χ4n) is 2.24. The lowest BCUT2D eigenvalue weighted by Crippen LogP contribution is -1.82. The second kappa shape index (κ2) is 3.60. The summed E-state index contributed by atoms with van der Waals surface area (Å²) in [4.78, 5) is 0. The minimum Gasteiger partial charge on any atom is -0.0616 e. The van der Waals surface area contributed by atoms with Crippen LogP contribution in [0.25, 0.3) is 21.5 Å². The Hall–Kier alpha value is -1.34. The predicted molar refractivity (Wildman–Crippen MR) is 73.9 cm³/mol. The molecule has 0 spiro atoms. The molecule has 0 heterocycles. The van der Waals surface area contributed by atoms with Gasteiger partial charge in [-0.3, -0.25) is 0 Å². The highest BCUT2D eigenvalue weighted by atomic mass is 79.9. The maximum atomic E-state index is 3.73. The van der Waals surface area contributed by atoms with Gasteiger partial charge in [0.05, 0.1) is 0 Å². The maximum absolute atomic E-state index is 3.73. The van der Waals surface area contributed by atoms with E-state index in [0.29, 0.717) is 0 Å². The number of hydrogen-bond acceptors (Lipinski definition) is 0. The molecule has 0 nitrogen and oxygen atoms in total. The molecule has 0 aliphatic carbocycles. The number of hydrogen-bond donors (Lipinski definition) is 0. The first-order valence-electron chi connectivity index (χ1n) is 5.34. The number of halogens is 1. The van der Waals surface area contributed by atoms with Crippen molar-refractivity contribution in [3.8, 4) is 0 Å². The molecule has 3 aromatic rings. The predicted octanol–water partition coefficient (Wildman–Crippen LogP) is 5.06. The molecule has 0 fully saturated rings. The Balaban J connectivity index is 2.62. The van der Waals surface area contributed by atoms with Crippen LogP contribution in [0.15, 0.2) is 53.0 Å². The standard InChI is InChI=1S/C15H11Br/c1-10-5-4-7-12-9-11-6-2-3-8-13(11)15(16)14(10)12/h2-9H,1H3. The van der Waals surface area contributed by atoms with Gasteiger partial charge in [-0.15, -0.1) is 0 Å². The molecular weight excluding hydrogens is 260 g/mol. The molecule has 0 unspecified atom stereocenters. The van der Waals surface area contributed by atoms with E-state index in [-0.39, 0.29) is 0 Å². The molecule has 3 rings (SSSR count). The number of rotatable bonds is 0. The van der Waals surface area contributed by atoms with E-state index in [1.165, 1.54) is 31.6 Å². The molecule has 0 aromatic heterocycles. The fraction of sp³-hybridized carbons (Fsp3) is 0.0667. The zero-order valence-electron chi connectivity index (χ0n) is 9.00. The van der Waals surface area contributed by atoms with Gasteiger partial charge in [-0.2, -0.15) is 0 Å². The van der Waals surface area contributed by atoms with Crippen LogP contribution in [0.2, 0.25) is 0 Å². The van der Waals surface area contributed by atoms with Crippen LogP contribution in [0, 0.1) is 6.92 Å². The molecule has 16 heavy (non-hydrogen) atoms. The van der Waals surface area contributed by atoms with Gasteiger partial charge in [0.2, 0.25) is 0 Å². The minimum absolute atomic E-state index is 1.21. The maximum Gasteiger partial charge on any atom is 0.0334 e. The van der Waals surface area contributed by atoms with Crippen molar-refractivity contribution in [2.45, 2.75) is 6.92 Å². The van der Waals surface area contributed by atoms with Crippen LogP contribution in [0.4, 0.5) is 0 Å². The van der Waals surface area contributed by atoms with Crippen LogP contribution in [0.1, 0.15) is 5.56 Å². The largest absolute Gasteiger partial charge is 0.0616 e.